The number of carbonyl (C=O) groups excluding carboxylic acids is 1. The Morgan fingerprint density at radius 3 is 2.73 bits per heavy atom. The van der Waals surface area contributed by atoms with Gasteiger partial charge in [0.15, 0.2) is 0 Å². The van der Waals surface area contributed by atoms with Gasteiger partial charge in [-0.1, -0.05) is 36.4 Å². The summed E-state index contributed by atoms with van der Waals surface area (Å²) in [6.07, 6.45) is 3.62. The molecule has 0 N–H and O–H groups in total. The summed E-state index contributed by atoms with van der Waals surface area (Å²) < 4.78 is 5.47. The molecule has 0 spiro atoms. The Morgan fingerprint density at radius 1 is 1.08 bits per heavy atom. The number of aromatic nitrogens is 1. The van der Waals surface area contributed by atoms with Crippen molar-refractivity contribution >= 4 is 23.4 Å². The van der Waals surface area contributed by atoms with Crippen molar-refractivity contribution < 1.29 is 9.53 Å². The van der Waals surface area contributed by atoms with E-state index >= 15 is 0 Å². The van der Waals surface area contributed by atoms with Gasteiger partial charge in [0.05, 0.1) is 18.6 Å². The van der Waals surface area contributed by atoms with Crippen molar-refractivity contribution in [2.24, 2.45) is 0 Å². The number of methoxy groups -OCH3 is 1. The second-order valence-electron chi connectivity index (χ2n) is 5.97. The number of pyridine rings is 1. The molecular weight excluding hydrogens is 344 g/mol. The smallest absolute Gasteiger partial charge is 0.238 e. The van der Waals surface area contributed by atoms with Crippen LogP contribution in [0.1, 0.15) is 10.9 Å². The molecule has 2 heterocycles. The van der Waals surface area contributed by atoms with E-state index in [1.807, 2.05) is 53.6 Å². The molecule has 1 fully saturated rings. The molecule has 1 aliphatic heterocycles. The molecule has 1 aliphatic rings. The van der Waals surface area contributed by atoms with E-state index in [1.165, 1.54) is 0 Å². The maximum absolute atomic E-state index is 12.6. The Bertz CT molecular complexity index is 930. The van der Waals surface area contributed by atoms with E-state index in [4.69, 9.17) is 4.74 Å². The van der Waals surface area contributed by atoms with E-state index in [-0.39, 0.29) is 11.3 Å². The summed E-state index contributed by atoms with van der Waals surface area (Å²) in [5.41, 5.74) is 4.05. The first-order chi connectivity index (χ1) is 12.8. The lowest BCUT2D eigenvalue weighted by molar-refractivity contribution is -0.115. The first kappa shape index (κ1) is 16.7. The number of carbonyl (C=O) groups is 1. The number of anilines is 1. The fourth-order valence-corrected chi connectivity index (χ4v) is 4.32. The number of benzene rings is 2. The summed E-state index contributed by atoms with van der Waals surface area (Å²) in [7, 11) is 1.63. The lowest BCUT2D eigenvalue weighted by Gasteiger charge is -2.26. The molecule has 0 bridgehead atoms. The first-order valence-electron chi connectivity index (χ1n) is 8.35. The number of ether oxygens (including phenoxy) is 1. The number of nitrogens with zero attached hydrogens (tertiary/aromatic N) is 2. The zero-order valence-corrected chi connectivity index (χ0v) is 15.1. The molecule has 130 valence electrons. The van der Waals surface area contributed by atoms with Gasteiger partial charge in [-0.15, -0.1) is 11.8 Å². The van der Waals surface area contributed by atoms with Crippen molar-refractivity contribution in [2.75, 3.05) is 17.8 Å². The van der Waals surface area contributed by atoms with Gasteiger partial charge in [0.2, 0.25) is 5.91 Å². The van der Waals surface area contributed by atoms with Gasteiger partial charge in [-0.3, -0.25) is 14.7 Å². The molecule has 0 saturated carbocycles. The molecule has 2 aromatic carbocycles. The molecule has 1 atom stereocenters. The van der Waals surface area contributed by atoms with Crippen molar-refractivity contribution in [2.45, 2.75) is 5.37 Å². The predicted molar refractivity (Wildman–Crippen MR) is 105 cm³/mol. The molecule has 1 aromatic heterocycles. The third-order valence-corrected chi connectivity index (χ3v) is 5.59. The highest BCUT2D eigenvalue weighted by Crippen LogP contribution is 2.45. The average molecular weight is 362 g/mol. The summed E-state index contributed by atoms with van der Waals surface area (Å²) in [5.74, 6) is 1.26. The van der Waals surface area contributed by atoms with Crippen LogP contribution in [-0.2, 0) is 4.79 Å². The number of thioether (sulfide) groups is 1. The monoisotopic (exact) mass is 362 g/mol. The Hall–Kier alpha value is -2.79. The van der Waals surface area contributed by atoms with Crippen LogP contribution in [0.3, 0.4) is 0 Å². The van der Waals surface area contributed by atoms with E-state index in [2.05, 4.69) is 23.2 Å². The van der Waals surface area contributed by atoms with Crippen molar-refractivity contribution in [1.29, 1.82) is 0 Å². The average Bonchev–Trinajstić information content (AvgIpc) is 3.10. The summed E-state index contributed by atoms with van der Waals surface area (Å²) in [5, 5.41) is -0.0737. The number of hydrogen-bond donors (Lipinski definition) is 0. The van der Waals surface area contributed by atoms with E-state index in [0.29, 0.717) is 11.5 Å². The van der Waals surface area contributed by atoms with Crippen LogP contribution in [0.4, 0.5) is 5.69 Å². The quantitative estimate of drug-likeness (QED) is 0.684. The van der Waals surface area contributed by atoms with Gasteiger partial charge in [0.25, 0.3) is 0 Å². The van der Waals surface area contributed by atoms with Gasteiger partial charge in [-0.2, -0.15) is 0 Å². The molecule has 4 nitrogen and oxygen atoms in total. The van der Waals surface area contributed by atoms with Crippen molar-refractivity contribution in [3.05, 3.63) is 78.6 Å². The minimum Gasteiger partial charge on any atom is -0.495 e. The normalized spacial score (nSPS) is 16.7. The van der Waals surface area contributed by atoms with Crippen LogP contribution in [0.2, 0.25) is 0 Å². The summed E-state index contributed by atoms with van der Waals surface area (Å²) in [4.78, 5) is 18.7. The Balaban J connectivity index is 1.74. The van der Waals surface area contributed by atoms with Gasteiger partial charge >= 0.3 is 0 Å². The summed E-state index contributed by atoms with van der Waals surface area (Å²) in [6, 6.07) is 19.9. The highest BCUT2D eigenvalue weighted by atomic mass is 32.2. The maximum atomic E-state index is 12.6. The minimum absolute atomic E-state index is 0.0737. The number of para-hydroxylation sites is 2. The topological polar surface area (TPSA) is 42.4 Å². The van der Waals surface area contributed by atoms with Crippen LogP contribution in [0.15, 0.2) is 73.1 Å². The SMILES string of the molecule is COc1ccccc1N1C(=O)CSC1c1cccc(-c2cccnc2)c1. The van der Waals surface area contributed by atoms with E-state index in [9.17, 15) is 4.79 Å². The Labute approximate surface area is 156 Å². The van der Waals surface area contributed by atoms with Crippen molar-refractivity contribution in [3.63, 3.8) is 0 Å². The van der Waals surface area contributed by atoms with Gasteiger partial charge in [-0.25, -0.2) is 0 Å². The largest absolute Gasteiger partial charge is 0.495 e. The molecule has 3 aromatic rings. The van der Waals surface area contributed by atoms with Crippen LogP contribution in [0, 0.1) is 0 Å². The molecule has 5 heteroatoms. The van der Waals surface area contributed by atoms with Gasteiger partial charge in [0, 0.05) is 12.4 Å². The molecule has 26 heavy (non-hydrogen) atoms. The Kier molecular flexibility index (Phi) is 4.63. The minimum atomic E-state index is -0.0737. The molecule has 0 radical (unpaired) electrons. The van der Waals surface area contributed by atoms with Crippen molar-refractivity contribution in [3.8, 4) is 16.9 Å². The predicted octanol–water partition coefficient (Wildman–Crippen LogP) is 4.54. The second-order valence-corrected chi connectivity index (χ2v) is 7.03. The summed E-state index contributed by atoms with van der Waals surface area (Å²) >= 11 is 1.63. The highest BCUT2D eigenvalue weighted by Gasteiger charge is 2.35. The van der Waals surface area contributed by atoms with Crippen LogP contribution >= 0.6 is 11.8 Å². The Morgan fingerprint density at radius 2 is 1.92 bits per heavy atom. The first-order valence-corrected chi connectivity index (χ1v) is 9.40. The van der Waals surface area contributed by atoms with Gasteiger partial charge in [-0.05, 0) is 41.0 Å². The molecular formula is C21H18N2O2S. The zero-order valence-electron chi connectivity index (χ0n) is 14.3. The number of rotatable bonds is 4. The third-order valence-electron chi connectivity index (χ3n) is 4.38. The van der Waals surface area contributed by atoms with Crippen molar-refractivity contribution in [1.82, 2.24) is 4.98 Å². The number of amides is 1. The lowest BCUT2D eigenvalue weighted by Crippen LogP contribution is -2.28. The standard InChI is InChI=1S/C21H18N2O2S/c1-25-19-10-3-2-9-18(19)23-20(24)14-26-21(23)16-7-4-6-15(12-16)17-8-5-11-22-13-17/h2-13,21H,14H2,1H3. The van der Waals surface area contributed by atoms with Crippen LogP contribution in [0.5, 0.6) is 5.75 Å². The van der Waals surface area contributed by atoms with E-state index in [1.54, 1.807) is 25.1 Å². The fourth-order valence-electron chi connectivity index (χ4n) is 3.17. The van der Waals surface area contributed by atoms with Gasteiger partial charge < -0.3 is 4.74 Å². The van der Waals surface area contributed by atoms with Gasteiger partial charge in [0.1, 0.15) is 11.1 Å². The van der Waals surface area contributed by atoms with E-state index < -0.39 is 0 Å². The maximum Gasteiger partial charge on any atom is 0.238 e. The lowest BCUT2D eigenvalue weighted by atomic mass is 10.0. The summed E-state index contributed by atoms with van der Waals surface area (Å²) in [6.45, 7) is 0. The van der Waals surface area contributed by atoms with Crippen LogP contribution < -0.4 is 9.64 Å². The number of hydrogen-bond acceptors (Lipinski definition) is 4. The molecule has 1 amide bonds. The molecule has 0 aliphatic carbocycles. The van der Waals surface area contributed by atoms with Crippen LogP contribution in [-0.4, -0.2) is 23.8 Å². The molecule has 1 saturated heterocycles. The fraction of sp³-hybridized carbons (Fsp3) is 0.143. The molecule has 4 rings (SSSR count). The van der Waals surface area contributed by atoms with Crippen LogP contribution in [0.25, 0.3) is 11.1 Å². The zero-order chi connectivity index (χ0) is 17.9. The third kappa shape index (κ3) is 3.06. The second kappa shape index (κ2) is 7.22. The highest BCUT2D eigenvalue weighted by molar-refractivity contribution is 8.00. The molecule has 1 unspecified atom stereocenters. The van der Waals surface area contributed by atoms with E-state index in [0.717, 1.165) is 22.4 Å².